The van der Waals surface area contributed by atoms with Crippen molar-refractivity contribution in [3.8, 4) is 0 Å². The van der Waals surface area contributed by atoms with Crippen molar-refractivity contribution in [3.05, 3.63) is 17.5 Å². The third-order valence-corrected chi connectivity index (χ3v) is 4.58. The number of aromatic nitrogens is 1. The first-order valence-electron chi connectivity index (χ1n) is 7.55. The average Bonchev–Trinajstić information content (AvgIpc) is 2.86. The number of fused-ring (bicyclic) bond motifs is 2. The SMILES string of the molecule is Cc1cc(CN2CC[C@H]3CC[C@@H](C2)N3C(C)C)no1. The third-order valence-electron chi connectivity index (χ3n) is 4.58. The Morgan fingerprint density at radius 2 is 2.11 bits per heavy atom. The largest absolute Gasteiger partial charge is 0.361 e. The number of rotatable bonds is 3. The fraction of sp³-hybridized carbons (Fsp3) is 0.800. The minimum atomic E-state index is 0.673. The quantitative estimate of drug-likeness (QED) is 0.838. The van der Waals surface area contributed by atoms with Gasteiger partial charge in [0.05, 0.1) is 5.69 Å². The maximum absolute atomic E-state index is 5.17. The lowest BCUT2D eigenvalue weighted by molar-refractivity contribution is 0.144. The Morgan fingerprint density at radius 1 is 1.32 bits per heavy atom. The minimum absolute atomic E-state index is 0.673. The molecule has 0 saturated carbocycles. The van der Waals surface area contributed by atoms with Crippen LogP contribution in [0.5, 0.6) is 0 Å². The van der Waals surface area contributed by atoms with E-state index >= 15 is 0 Å². The van der Waals surface area contributed by atoms with Gasteiger partial charge in [-0.15, -0.1) is 0 Å². The van der Waals surface area contributed by atoms with E-state index in [-0.39, 0.29) is 0 Å². The standard InChI is InChI=1S/C15H25N3O/c1-11(2)18-14-4-5-15(18)10-17(7-6-14)9-13-8-12(3)19-16-13/h8,11,14-15H,4-7,9-10H2,1-3H3/t14-,15+/m1/s1. The minimum Gasteiger partial charge on any atom is -0.361 e. The first kappa shape index (κ1) is 13.1. The Labute approximate surface area is 115 Å². The molecule has 0 radical (unpaired) electrons. The van der Waals surface area contributed by atoms with E-state index in [9.17, 15) is 0 Å². The van der Waals surface area contributed by atoms with Crippen molar-refractivity contribution < 1.29 is 4.52 Å². The summed E-state index contributed by atoms with van der Waals surface area (Å²) in [6, 6.07) is 4.27. The van der Waals surface area contributed by atoms with E-state index in [1.165, 1.54) is 32.4 Å². The maximum atomic E-state index is 5.17. The van der Waals surface area contributed by atoms with E-state index in [1.54, 1.807) is 0 Å². The predicted molar refractivity (Wildman–Crippen MR) is 74.9 cm³/mol. The van der Waals surface area contributed by atoms with E-state index in [0.717, 1.165) is 30.1 Å². The van der Waals surface area contributed by atoms with E-state index in [0.29, 0.717) is 6.04 Å². The van der Waals surface area contributed by atoms with Crippen molar-refractivity contribution in [2.75, 3.05) is 13.1 Å². The second-order valence-corrected chi connectivity index (χ2v) is 6.38. The highest BCUT2D eigenvalue weighted by molar-refractivity contribution is 5.04. The lowest BCUT2D eigenvalue weighted by atomic mass is 10.1. The summed E-state index contributed by atoms with van der Waals surface area (Å²) < 4.78 is 5.17. The lowest BCUT2D eigenvalue weighted by Gasteiger charge is -2.32. The van der Waals surface area contributed by atoms with Crippen LogP contribution in [0.1, 0.15) is 44.6 Å². The maximum Gasteiger partial charge on any atom is 0.133 e. The van der Waals surface area contributed by atoms with Crippen LogP contribution in [0.2, 0.25) is 0 Å². The molecule has 2 aliphatic heterocycles. The first-order chi connectivity index (χ1) is 9.13. The highest BCUT2D eigenvalue weighted by atomic mass is 16.5. The van der Waals surface area contributed by atoms with Gasteiger partial charge in [-0.2, -0.15) is 0 Å². The van der Waals surface area contributed by atoms with Gasteiger partial charge in [0, 0.05) is 43.8 Å². The molecule has 2 saturated heterocycles. The molecule has 2 aliphatic rings. The number of hydrogen-bond donors (Lipinski definition) is 0. The van der Waals surface area contributed by atoms with Gasteiger partial charge in [0.25, 0.3) is 0 Å². The molecule has 2 fully saturated rings. The van der Waals surface area contributed by atoms with Gasteiger partial charge in [-0.1, -0.05) is 5.16 Å². The van der Waals surface area contributed by atoms with Crippen LogP contribution in [0.4, 0.5) is 0 Å². The molecule has 0 amide bonds. The van der Waals surface area contributed by atoms with Crippen LogP contribution in [-0.2, 0) is 6.54 Å². The summed E-state index contributed by atoms with van der Waals surface area (Å²) in [6.45, 7) is 9.94. The number of hydrogen-bond acceptors (Lipinski definition) is 4. The third kappa shape index (κ3) is 2.70. The van der Waals surface area contributed by atoms with Gasteiger partial charge in [-0.25, -0.2) is 0 Å². The molecule has 2 bridgehead atoms. The zero-order valence-corrected chi connectivity index (χ0v) is 12.3. The topological polar surface area (TPSA) is 32.5 Å². The highest BCUT2D eigenvalue weighted by Crippen LogP contribution is 2.32. The molecule has 19 heavy (non-hydrogen) atoms. The monoisotopic (exact) mass is 263 g/mol. The molecule has 1 aromatic rings. The van der Waals surface area contributed by atoms with Crippen LogP contribution in [0.3, 0.4) is 0 Å². The molecule has 0 unspecified atom stereocenters. The molecule has 3 heterocycles. The Morgan fingerprint density at radius 3 is 2.79 bits per heavy atom. The van der Waals surface area contributed by atoms with Crippen LogP contribution in [-0.4, -0.2) is 46.2 Å². The summed E-state index contributed by atoms with van der Waals surface area (Å²) in [5.74, 6) is 0.912. The van der Waals surface area contributed by atoms with E-state index in [2.05, 4.69) is 34.9 Å². The molecule has 4 nitrogen and oxygen atoms in total. The molecular weight excluding hydrogens is 238 g/mol. The normalized spacial score (nSPS) is 29.1. The van der Waals surface area contributed by atoms with Gasteiger partial charge in [0.1, 0.15) is 5.76 Å². The van der Waals surface area contributed by atoms with Crippen molar-refractivity contribution in [1.82, 2.24) is 15.0 Å². The van der Waals surface area contributed by atoms with Gasteiger partial charge in [-0.3, -0.25) is 9.80 Å². The fourth-order valence-corrected chi connectivity index (χ4v) is 3.89. The Kier molecular flexibility index (Phi) is 3.63. The van der Waals surface area contributed by atoms with Gasteiger partial charge in [0.2, 0.25) is 0 Å². The molecule has 4 heteroatoms. The summed E-state index contributed by atoms with van der Waals surface area (Å²) in [7, 11) is 0. The van der Waals surface area contributed by atoms with Crippen molar-refractivity contribution in [1.29, 1.82) is 0 Å². The summed E-state index contributed by atoms with van der Waals surface area (Å²) in [5, 5.41) is 4.13. The molecule has 1 aromatic heterocycles. The zero-order chi connectivity index (χ0) is 13.4. The van der Waals surface area contributed by atoms with E-state index in [1.807, 2.05) is 6.92 Å². The average molecular weight is 263 g/mol. The van der Waals surface area contributed by atoms with Crippen molar-refractivity contribution >= 4 is 0 Å². The molecule has 0 aliphatic carbocycles. The molecular formula is C15H25N3O. The van der Waals surface area contributed by atoms with Crippen LogP contribution in [0.15, 0.2) is 10.6 Å². The Hall–Kier alpha value is -0.870. The highest BCUT2D eigenvalue weighted by Gasteiger charge is 2.38. The van der Waals surface area contributed by atoms with Crippen molar-refractivity contribution in [3.63, 3.8) is 0 Å². The summed E-state index contributed by atoms with van der Waals surface area (Å²) >= 11 is 0. The van der Waals surface area contributed by atoms with Crippen LogP contribution in [0.25, 0.3) is 0 Å². The second kappa shape index (κ2) is 5.25. The van der Waals surface area contributed by atoms with Gasteiger partial charge >= 0.3 is 0 Å². The number of nitrogens with zero attached hydrogens (tertiary/aromatic N) is 3. The molecule has 3 rings (SSSR count). The summed E-state index contributed by atoms with van der Waals surface area (Å²) in [4.78, 5) is 5.30. The molecule has 106 valence electrons. The number of likely N-dealkylation sites (tertiary alicyclic amines) is 1. The molecule has 2 atom stereocenters. The second-order valence-electron chi connectivity index (χ2n) is 6.38. The lowest BCUT2D eigenvalue weighted by Crippen LogP contribution is -2.43. The Bertz CT molecular complexity index is 429. The van der Waals surface area contributed by atoms with Gasteiger partial charge in [0.15, 0.2) is 0 Å². The van der Waals surface area contributed by atoms with E-state index < -0.39 is 0 Å². The zero-order valence-electron chi connectivity index (χ0n) is 12.3. The molecule has 0 N–H and O–H groups in total. The predicted octanol–water partition coefficient (Wildman–Crippen LogP) is 2.43. The van der Waals surface area contributed by atoms with Crippen LogP contribution >= 0.6 is 0 Å². The molecule has 0 spiro atoms. The van der Waals surface area contributed by atoms with E-state index in [4.69, 9.17) is 4.52 Å². The Balaban J connectivity index is 1.67. The van der Waals surface area contributed by atoms with Crippen LogP contribution < -0.4 is 0 Å². The summed E-state index contributed by atoms with van der Waals surface area (Å²) in [6.07, 6.45) is 4.04. The van der Waals surface area contributed by atoms with Crippen molar-refractivity contribution in [2.24, 2.45) is 0 Å². The van der Waals surface area contributed by atoms with Gasteiger partial charge < -0.3 is 4.52 Å². The number of aryl methyl sites for hydroxylation is 1. The fourth-order valence-electron chi connectivity index (χ4n) is 3.89. The van der Waals surface area contributed by atoms with Crippen molar-refractivity contribution in [2.45, 2.75) is 64.7 Å². The first-order valence-corrected chi connectivity index (χ1v) is 7.55. The van der Waals surface area contributed by atoms with Crippen LogP contribution in [0, 0.1) is 6.92 Å². The summed E-state index contributed by atoms with van der Waals surface area (Å²) in [5.41, 5.74) is 1.08. The smallest absolute Gasteiger partial charge is 0.133 e. The van der Waals surface area contributed by atoms with Gasteiger partial charge in [-0.05, 0) is 40.0 Å². The molecule has 0 aromatic carbocycles.